The lowest BCUT2D eigenvalue weighted by atomic mass is 10.0. The van der Waals surface area contributed by atoms with Gasteiger partial charge in [-0.1, -0.05) is 30.3 Å². The van der Waals surface area contributed by atoms with Crippen LogP contribution >= 0.6 is 7.82 Å². The fraction of sp³-hybridized carbons (Fsp3) is 0.0500. The van der Waals surface area contributed by atoms with Gasteiger partial charge in [-0.05, 0) is 5.56 Å². The Morgan fingerprint density at radius 2 is 1.71 bits per heavy atom. The number of rotatable bonds is 7. The van der Waals surface area contributed by atoms with Crippen LogP contribution in [-0.2, 0) is 9.09 Å². The molecule has 0 spiro atoms. The van der Waals surface area contributed by atoms with E-state index in [4.69, 9.17) is 14.5 Å². The molecule has 15 heteroatoms. The predicted octanol–water partition coefficient (Wildman–Crippen LogP) is 3.65. The van der Waals surface area contributed by atoms with Crippen LogP contribution in [0.25, 0.3) is 16.6 Å². The van der Waals surface area contributed by atoms with E-state index in [2.05, 4.69) is 14.6 Å². The number of fused-ring (bicyclic) bond motifs is 1. The van der Waals surface area contributed by atoms with Crippen molar-refractivity contribution in [1.29, 1.82) is 0 Å². The molecule has 3 N–H and O–H groups in total. The first-order valence-corrected chi connectivity index (χ1v) is 11.0. The van der Waals surface area contributed by atoms with E-state index in [9.17, 15) is 26.9 Å². The monoisotopic (exact) mass is 512 g/mol. The zero-order valence-electron chi connectivity index (χ0n) is 17.2. The zero-order chi connectivity index (χ0) is 25.3. The molecule has 0 atom stereocenters. The predicted molar refractivity (Wildman–Crippen MR) is 111 cm³/mol. The van der Waals surface area contributed by atoms with Gasteiger partial charge in [-0.3, -0.25) is 9.78 Å². The highest BCUT2D eigenvalue weighted by atomic mass is 31.2. The lowest BCUT2D eigenvalue weighted by molar-refractivity contribution is 0.0780. The number of carbonyl (C=O) groups excluding carboxylic acids is 1. The normalized spacial score (nSPS) is 11.6. The molecule has 0 fully saturated rings. The Labute approximate surface area is 193 Å². The highest BCUT2D eigenvalue weighted by Crippen LogP contribution is 2.37. The molecule has 182 valence electrons. The average Bonchev–Trinajstić information content (AvgIpc) is 3.19. The Hall–Kier alpha value is -3.84. The molecule has 0 saturated carbocycles. The molecular formula is C20H13F4N4O6P. The van der Waals surface area contributed by atoms with E-state index in [-0.39, 0.29) is 11.1 Å². The molecule has 0 radical (unpaired) electrons. The van der Waals surface area contributed by atoms with Crippen molar-refractivity contribution < 1.29 is 46.0 Å². The average molecular weight is 512 g/mol. The van der Waals surface area contributed by atoms with Crippen LogP contribution < -0.4 is 10.1 Å². The van der Waals surface area contributed by atoms with E-state index in [1.807, 2.05) is 0 Å². The summed E-state index contributed by atoms with van der Waals surface area (Å²) < 4.78 is 80.0. The van der Waals surface area contributed by atoms with Crippen molar-refractivity contribution in [2.75, 3.05) is 12.1 Å². The number of hydrogen-bond donors (Lipinski definition) is 3. The van der Waals surface area contributed by atoms with Crippen molar-refractivity contribution >= 4 is 24.9 Å². The van der Waals surface area contributed by atoms with Gasteiger partial charge in [0.15, 0.2) is 23.3 Å². The van der Waals surface area contributed by atoms with Crippen LogP contribution in [0.1, 0.15) is 10.4 Å². The lowest BCUT2D eigenvalue weighted by Crippen LogP contribution is -2.17. The van der Waals surface area contributed by atoms with Crippen LogP contribution in [0.2, 0.25) is 0 Å². The van der Waals surface area contributed by atoms with E-state index in [0.29, 0.717) is 0 Å². The van der Waals surface area contributed by atoms with Crippen molar-refractivity contribution in [1.82, 2.24) is 14.6 Å². The Kier molecular flexibility index (Phi) is 6.54. The third kappa shape index (κ3) is 4.86. The highest BCUT2D eigenvalue weighted by molar-refractivity contribution is 7.46. The number of hydrogen-bond acceptors (Lipinski definition) is 6. The standard InChI is InChI=1S/C20H13F4N4O6P/c21-14-12(10-4-2-1-3-5-10)15(22)17(24)18(16(14)23)26-19(29)13-11-8-25-6-7-28(11)27-20(13)33-9-34-35(30,31)32/h1-8H,9H2,(H,26,29)(H2,30,31,32). The molecule has 4 aromatic rings. The summed E-state index contributed by atoms with van der Waals surface area (Å²) in [6.07, 6.45) is 3.65. The van der Waals surface area contributed by atoms with Gasteiger partial charge >= 0.3 is 7.82 Å². The van der Waals surface area contributed by atoms with Gasteiger partial charge < -0.3 is 19.8 Å². The zero-order valence-corrected chi connectivity index (χ0v) is 18.0. The molecule has 0 aliphatic heterocycles. The largest absolute Gasteiger partial charge is 0.472 e. The maximum Gasteiger partial charge on any atom is 0.472 e. The van der Waals surface area contributed by atoms with Gasteiger partial charge in [-0.15, -0.1) is 5.10 Å². The maximum absolute atomic E-state index is 14.8. The molecule has 4 rings (SSSR count). The SMILES string of the molecule is O=C(Nc1c(F)c(F)c(-c2ccccc2)c(F)c1F)c1c(OCOP(=O)(O)O)nn2ccncc12. The topological polar surface area (TPSA) is 135 Å². The van der Waals surface area contributed by atoms with Crippen LogP contribution in [0, 0.1) is 23.3 Å². The molecule has 2 aromatic heterocycles. The Morgan fingerprint density at radius 3 is 2.34 bits per heavy atom. The second kappa shape index (κ2) is 9.43. The maximum atomic E-state index is 14.8. The van der Waals surface area contributed by atoms with Crippen molar-refractivity contribution in [2.24, 2.45) is 0 Å². The summed E-state index contributed by atoms with van der Waals surface area (Å²) in [5, 5.41) is 5.61. The summed E-state index contributed by atoms with van der Waals surface area (Å²) in [4.78, 5) is 34.2. The van der Waals surface area contributed by atoms with E-state index in [1.165, 1.54) is 42.7 Å². The minimum atomic E-state index is -4.94. The molecule has 0 bridgehead atoms. The fourth-order valence-corrected chi connectivity index (χ4v) is 3.31. The summed E-state index contributed by atoms with van der Waals surface area (Å²) in [6, 6.07) is 6.85. The van der Waals surface area contributed by atoms with Crippen molar-refractivity contribution in [3.8, 4) is 17.0 Å². The number of phosphoric ester groups is 1. The van der Waals surface area contributed by atoms with Gasteiger partial charge in [0.2, 0.25) is 12.7 Å². The van der Waals surface area contributed by atoms with Crippen LogP contribution in [0.3, 0.4) is 0 Å². The molecule has 0 aliphatic rings. The lowest BCUT2D eigenvalue weighted by Gasteiger charge is -2.13. The van der Waals surface area contributed by atoms with Crippen LogP contribution in [0.4, 0.5) is 23.2 Å². The summed E-state index contributed by atoms with van der Waals surface area (Å²) in [5.41, 5.74) is -3.09. The molecule has 10 nitrogen and oxygen atoms in total. The summed E-state index contributed by atoms with van der Waals surface area (Å²) in [7, 11) is -4.94. The number of ether oxygens (including phenoxy) is 1. The quantitative estimate of drug-likeness (QED) is 0.148. The number of halogens is 4. The van der Waals surface area contributed by atoms with Gasteiger partial charge in [-0.2, -0.15) is 0 Å². The third-order valence-electron chi connectivity index (χ3n) is 4.61. The van der Waals surface area contributed by atoms with E-state index >= 15 is 0 Å². The van der Waals surface area contributed by atoms with Crippen LogP contribution in [0.5, 0.6) is 5.88 Å². The number of nitrogens with one attached hydrogen (secondary N) is 1. The third-order valence-corrected chi connectivity index (χ3v) is 5.06. The van der Waals surface area contributed by atoms with E-state index in [1.54, 1.807) is 5.32 Å². The molecule has 0 saturated heterocycles. The summed E-state index contributed by atoms with van der Waals surface area (Å²) in [5.74, 6) is -9.09. The Morgan fingerprint density at radius 1 is 1.06 bits per heavy atom. The van der Waals surface area contributed by atoms with E-state index in [0.717, 1.165) is 10.7 Å². The first-order chi connectivity index (χ1) is 16.6. The van der Waals surface area contributed by atoms with E-state index < -0.39 is 66.5 Å². The molecule has 0 unspecified atom stereocenters. The number of anilines is 1. The first-order valence-electron chi connectivity index (χ1n) is 9.46. The summed E-state index contributed by atoms with van der Waals surface area (Å²) in [6.45, 7) is -1.06. The second-order valence-electron chi connectivity index (χ2n) is 6.79. The molecule has 35 heavy (non-hydrogen) atoms. The van der Waals surface area contributed by atoms with Gasteiger partial charge in [0, 0.05) is 12.4 Å². The summed E-state index contributed by atoms with van der Waals surface area (Å²) >= 11 is 0. The van der Waals surface area contributed by atoms with Crippen molar-refractivity contribution in [2.45, 2.75) is 0 Å². The number of aromatic nitrogens is 3. The number of benzene rings is 2. The van der Waals surface area contributed by atoms with Crippen LogP contribution in [0.15, 0.2) is 48.9 Å². The molecule has 2 aromatic carbocycles. The number of phosphoric acid groups is 1. The number of carbonyl (C=O) groups is 1. The molecule has 0 aliphatic carbocycles. The van der Waals surface area contributed by atoms with Crippen molar-refractivity contribution in [3.63, 3.8) is 0 Å². The molecular weight excluding hydrogens is 499 g/mol. The molecule has 1 amide bonds. The molecule has 2 heterocycles. The number of amides is 1. The fourth-order valence-electron chi connectivity index (χ4n) is 3.12. The van der Waals surface area contributed by atoms with Crippen molar-refractivity contribution in [3.05, 3.63) is 77.8 Å². The van der Waals surface area contributed by atoms with Crippen LogP contribution in [-0.4, -0.2) is 37.1 Å². The van der Waals surface area contributed by atoms with Gasteiger partial charge in [0.1, 0.15) is 16.8 Å². The Balaban J connectivity index is 1.73. The Bertz CT molecular complexity index is 1450. The minimum absolute atomic E-state index is 0.0705. The highest BCUT2D eigenvalue weighted by Gasteiger charge is 2.30. The first kappa shape index (κ1) is 24.3. The minimum Gasteiger partial charge on any atom is -0.448 e. The van der Waals surface area contributed by atoms with Gasteiger partial charge in [0.05, 0.1) is 11.8 Å². The van der Waals surface area contributed by atoms with Gasteiger partial charge in [0.25, 0.3) is 5.91 Å². The second-order valence-corrected chi connectivity index (χ2v) is 8.03. The number of nitrogens with zero attached hydrogens (tertiary/aromatic N) is 3. The smallest absolute Gasteiger partial charge is 0.448 e. The van der Waals surface area contributed by atoms with Gasteiger partial charge in [-0.25, -0.2) is 31.2 Å².